The van der Waals surface area contributed by atoms with Crippen molar-refractivity contribution in [3.05, 3.63) is 40.6 Å². The van der Waals surface area contributed by atoms with Crippen LogP contribution in [-0.2, 0) is 11.3 Å². The molecule has 1 aromatic carbocycles. The van der Waals surface area contributed by atoms with Crippen LogP contribution in [-0.4, -0.2) is 43.1 Å². The molecule has 0 unspecified atom stereocenters. The summed E-state index contributed by atoms with van der Waals surface area (Å²) in [5.74, 6) is 0.689. The second kappa shape index (κ2) is 5.68. The highest BCUT2D eigenvalue weighted by atomic mass is 16.2. The van der Waals surface area contributed by atoms with E-state index in [0.29, 0.717) is 23.0 Å². The Balaban J connectivity index is 1.91. The maximum Gasteiger partial charge on any atom is 0.351 e. The molecule has 1 fully saturated rings. The van der Waals surface area contributed by atoms with E-state index < -0.39 is 0 Å². The summed E-state index contributed by atoms with van der Waals surface area (Å²) in [5.41, 5.74) is 0.925. The molecule has 1 amide bonds. The number of rotatable bonds is 4. The van der Waals surface area contributed by atoms with Crippen LogP contribution >= 0.6 is 0 Å². The Morgan fingerprint density at radius 2 is 2.04 bits per heavy atom. The van der Waals surface area contributed by atoms with Crippen LogP contribution in [0.25, 0.3) is 16.6 Å². The molecule has 0 atom stereocenters. The monoisotopic (exact) mass is 339 g/mol. The number of para-hydroxylation sites is 1. The van der Waals surface area contributed by atoms with E-state index in [2.05, 4.69) is 10.1 Å². The number of fused-ring (bicyclic) bond motifs is 3. The van der Waals surface area contributed by atoms with Crippen molar-refractivity contribution in [2.75, 3.05) is 7.05 Å². The van der Waals surface area contributed by atoms with Crippen LogP contribution in [0.15, 0.2) is 29.1 Å². The van der Waals surface area contributed by atoms with Gasteiger partial charge in [0.25, 0.3) is 0 Å². The fourth-order valence-electron chi connectivity index (χ4n) is 3.06. The van der Waals surface area contributed by atoms with Gasteiger partial charge in [0.15, 0.2) is 11.5 Å². The van der Waals surface area contributed by atoms with E-state index in [1.165, 1.54) is 9.08 Å². The highest BCUT2D eigenvalue weighted by Gasteiger charge is 2.30. The summed E-state index contributed by atoms with van der Waals surface area (Å²) in [7, 11) is 1.80. The number of carbonyl (C=O) groups is 1. The largest absolute Gasteiger partial charge is 0.351 e. The first-order chi connectivity index (χ1) is 12.0. The highest BCUT2D eigenvalue weighted by Crippen LogP contribution is 2.26. The molecular weight excluding hydrogens is 318 g/mol. The number of aromatic nitrogens is 4. The Hall–Kier alpha value is -2.70. The van der Waals surface area contributed by atoms with Gasteiger partial charge >= 0.3 is 5.69 Å². The number of carbonyl (C=O) groups excluding carboxylic acids is 1. The van der Waals surface area contributed by atoms with E-state index >= 15 is 0 Å². The first-order valence-corrected chi connectivity index (χ1v) is 8.61. The molecule has 4 rings (SSSR count). The van der Waals surface area contributed by atoms with Crippen LogP contribution in [0.3, 0.4) is 0 Å². The van der Waals surface area contributed by atoms with Gasteiger partial charge in [0.1, 0.15) is 6.54 Å². The topological polar surface area (TPSA) is 72.5 Å². The van der Waals surface area contributed by atoms with Crippen molar-refractivity contribution in [3.8, 4) is 0 Å². The van der Waals surface area contributed by atoms with Gasteiger partial charge in [-0.2, -0.15) is 4.52 Å². The number of amides is 1. The van der Waals surface area contributed by atoms with Crippen LogP contribution in [0.4, 0.5) is 0 Å². The van der Waals surface area contributed by atoms with Crippen molar-refractivity contribution in [3.63, 3.8) is 0 Å². The molecule has 1 saturated carbocycles. The van der Waals surface area contributed by atoms with E-state index in [-0.39, 0.29) is 24.1 Å². The van der Waals surface area contributed by atoms with Gasteiger partial charge in [0, 0.05) is 24.4 Å². The van der Waals surface area contributed by atoms with Crippen LogP contribution in [0.1, 0.15) is 38.4 Å². The van der Waals surface area contributed by atoms with E-state index in [1.54, 1.807) is 11.9 Å². The van der Waals surface area contributed by atoms with Crippen molar-refractivity contribution in [1.29, 1.82) is 0 Å². The lowest BCUT2D eigenvalue weighted by Crippen LogP contribution is -2.37. The highest BCUT2D eigenvalue weighted by molar-refractivity contribution is 5.92. The van der Waals surface area contributed by atoms with Gasteiger partial charge in [-0.3, -0.25) is 9.36 Å². The lowest BCUT2D eigenvalue weighted by Gasteiger charge is -2.18. The summed E-state index contributed by atoms with van der Waals surface area (Å²) >= 11 is 0. The Kier molecular flexibility index (Phi) is 3.59. The normalized spacial score (nSPS) is 14.6. The molecule has 3 aromatic rings. The molecular formula is C18H21N5O2. The molecule has 2 aromatic heterocycles. The number of hydrogen-bond acceptors (Lipinski definition) is 4. The quantitative estimate of drug-likeness (QED) is 0.726. The number of benzene rings is 1. The van der Waals surface area contributed by atoms with E-state index in [1.807, 2.05) is 38.1 Å². The molecule has 1 aliphatic rings. The second-order valence-electron chi connectivity index (χ2n) is 6.98. The second-order valence-corrected chi connectivity index (χ2v) is 6.98. The Labute approximate surface area is 144 Å². The third-order valence-electron chi connectivity index (χ3n) is 4.77. The number of nitrogens with zero attached hydrogens (tertiary/aromatic N) is 5. The average Bonchev–Trinajstić information content (AvgIpc) is 3.35. The maximum absolute atomic E-state index is 13.0. The molecule has 2 heterocycles. The fourth-order valence-corrected chi connectivity index (χ4v) is 3.06. The van der Waals surface area contributed by atoms with Gasteiger partial charge in [-0.05, 0) is 25.0 Å². The third-order valence-corrected chi connectivity index (χ3v) is 4.77. The number of likely N-dealkylation sites (N-methyl/N-ethyl adjacent to an activating group) is 1. The summed E-state index contributed by atoms with van der Waals surface area (Å²) in [4.78, 5) is 31.8. The van der Waals surface area contributed by atoms with Crippen LogP contribution < -0.4 is 5.69 Å². The zero-order valence-electron chi connectivity index (χ0n) is 14.6. The van der Waals surface area contributed by atoms with Crippen LogP contribution in [0.5, 0.6) is 0 Å². The molecule has 7 heteroatoms. The SMILES string of the molecule is CC(C)c1nc2c3ccccc3n(CC(=O)N(C)C3CC3)c(=O)n2n1. The van der Waals surface area contributed by atoms with Crippen molar-refractivity contribution in [1.82, 2.24) is 24.1 Å². The molecule has 0 aliphatic heterocycles. The van der Waals surface area contributed by atoms with Gasteiger partial charge in [-0.15, -0.1) is 5.10 Å². The molecule has 25 heavy (non-hydrogen) atoms. The van der Waals surface area contributed by atoms with E-state index in [0.717, 1.165) is 18.2 Å². The molecule has 7 nitrogen and oxygen atoms in total. The fraction of sp³-hybridized carbons (Fsp3) is 0.444. The van der Waals surface area contributed by atoms with E-state index in [4.69, 9.17) is 0 Å². The Bertz CT molecular complexity index is 1030. The van der Waals surface area contributed by atoms with Crippen LogP contribution in [0, 0.1) is 0 Å². The molecule has 0 saturated heterocycles. The van der Waals surface area contributed by atoms with Gasteiger partial charge in [-0.25, -0.2) is 9.78 Å². The average molecular weight is 339 g/mol. The molecule has 130 valence electrons. The Morgan fingerprint density at radius 3 is 2.72 bits per heavy atom. The smallest absolute Gasteiger partial charge is 0.341 e. The molecule has 0 bridgehead atoms. The first-order valence-electron chi connectivity index (χ1n) is 8.61. The molecule has 0 N–H and O–H groups in total. The minimum Gasteiger partial charge on any atom is -0.341 e. The van der Waals surface area contributed by atoms with Crippen LogP contribution in [0.2, 0.25) is 0 Å². The summed E-state index contributed by atoms with van der Waals surface area (Å²) < 4.78 is 2.82. The van der Waals surface area contributed by atoms with Crippen molar-refractivity contribution < 1.29 is 4.79 Å². The minimum absolute atomic E-state index is 0.0131. The zero-order valence-corrected chi connectivity index (χ0v) is 14.6. The third kappa shape index (κ3) is 2.59. The van der Waals surface area contributed by atoms with Gasteiger partial charge in [0.05, 0.1) is 5.52 Å². The predicted molar refractivity (Wildman–Crippen MR) is 94.6 cm³/mol. The van der Waals surface area contributed by atoms with Crippen molar-refractivity contribution >= 4 is 22.5 Å². The molecule has 0 radical (unpaired) electrons. The lowest BCUT2D eigenvalue weighted by atomic mass is 10.2. The van der Waals surface area contributed by atoms with Crippen molar-refractivity contribution in [2.24, 2.45) is 0 Å². The standard InChI is InChI=1S/C18H21N5O2/c1-11(2)16-19-17-13-6-4-5-7-14(13)22(18(25)23(17)20-16)10-15(24)21(3)12-8-9-12/h4-7,11-12H,8-10H2,1-3H3. The predicted octanol–water partition coefficient (Wildman–Crippen LogP) is 1.79. The van der Waals surface area contributed by atoms with Gasteiger partial charge in [-0.1, -0.05) is 26.0 Å². The summed E-state index contributed by atoms with van der Waals surface area (Å²) in [6, 6.07) is 7.85. The zero-order chi connectivity index (χ0) is 17.7. The van der Waals surface area contributed by atoms with Gasteiger partial charge in [0.2, 0.25) is 5.91 Å². The molecule has 1 aliphatic carbocycles. The number of hydrogen-bond donors (Lipinski definition) is 0. The Morgan fingerprint density at radius 1 is 1.32 bits per heavy atom. The minimum atomic E-state index is -0.328. The van der Waals surface area contributed by atoms with Crippen molar-refractivity contribution in [2.45, 2.75) is 45.2 Å². The van der Waals surface area contributed by atoms with E-state index in [9.17, 15) is 9.59 Å². The summed E-state index contributed by atoms with van der Waals surface area (Å²) in [6.07, 6.45) is 2.08. The summed E-state index contributed by atoms with van der Waals surface area (Å²) in [6.45, 7) is 3.99. The van der Waals surface area contributed by atoms with Gasteiger partial charge < -0.3 is 4.90 Å². The first kappa shape index (κ1) is 15.8. The molecule has 0 spiro atoms. The maximum atomic E-state index is 13.0. The lowest BCUT2D eigenvalue weighted by molar-refractivity contribution is -0.131. The summed E-state index contributed by atoms with van der Waals surface area (Å²) in [5, 5.41) is 5.19.